The molecular formula is C15H16Zr. The van der Waals surface area contributed by atoms with Gasteiger partial charge in [0, 0.05) is 0 Å². The van der Waals surface area contributed by atoms with Crippen molar-refractivity contribution in [2.75, 3.05) is 0 Å². The topological polar surface area (TPSA) is 0 Å². The van der Waals surface area contributed by atoms with Crippen molar-refractivity contribution < 1.29 is 23.2 Å². The van der Waals surface area contributed by atoms with E-state index in [1.54, 1.807) is 3.28 Å². The molecule has 0 radical (unpaired) electrons. The predicted octanol–water partition coefficient (Wildman–Crippen LogP) is 4.22. The van der Waals surface area contributed by atoms with Gasteiger partial charge in [0.15, 0.2) is 0 Å². The Bertz CT molecular complexity index is 439. The Hall–Kier alpha value is -0.677. The van der Waals surface area contributed by atoms with E-state index < -0.39 is 0 Å². The van der Waals surface area contributed by atoms with E-state index in [0.29, 0.717) is 0 Å². The second-order valence-corrected chi connectivity index (χ2v) is 6.69. The molecule has 0 bridgehead atoms. The standard InChI is InChI=1S/C9H8.C5H5.CH3.Zr/c1-2-5-9-7-3-6-8(9)4-1;1-2-4-5-3-1;;/h1-6H,7H2;1-3H,4H2;1H3;. The number of rotatable bonds is 1. The predicted molar refractivity (Wildman–Crippen MR) is 66.9 cm³/mol. The third-order valence-corrected chi connectivity index (χ3v) is 5.27. The molecule has 16 heavy (non-hydrogen) atoms. The van der Waals surface area contributed by atoms with Crippen molar-refractivity contribution >= 4 is 6.08 Å². The SMILES string of the molecule is C1=Cc2ccccc2C1.[CH3][Zr][C]1=CC=CC1. The summed E-state index contributed by atoms with van der Waals surface area (Å²) in [6.45, 7) is 0. The summed E-state index contributed by atoms with van der Waals surface area (Å²) >= 11 is -0.0408. The number of allylic oxidation sites excluding steroid dienone is 5. The van der Waals surface area contributed by atoms with Crippen LogP contribution in [0.1, 0.15) is 17.5 Å². The van der Waals surface area contributed by atoms with Gasteiger partial charge in [0.25, 0.3) is 0 Å². The van der Waals surface area contributed by atoms with Crippen LogP contribution in [0.4, 0.5) is 0 Å². The molecule has 1 aromatic rings. The van der Waals surface area contributed by atoms with Crippen LogP contribution in [0.5, 0.6) is 0 Å². The Labute approximate surface area is 109 Å². The average Bonchev–Trinajstić information content (AvgIpc) is 3.01. The van der Waals surface area contributed by atoms with Crippen LogP contribution in [0, 0.1) is 0 Å². The molecule has 3 rings (SSSR count). The van der Waals surface area contributed by atoms with E-state index in [1.165, 1.54) is 17.5 Å². The molecule has 0 unspecified atom stereocenters. The van der Waals surface area contributed by atoms with Crippen LogP contribution in [0.25, 0.3) is 6.08 Å². The van der Waals surface area contributed by atoms with Crippen molar-refractivity contribution in [2.24, 2.45) is 0 Å². The summed E-state index contributed by atoms with van der Waals surface area (Å²) in [6.07, 6.45) is 13.4. The molecule has 80 valence electrons. The van der Waals surface area contributed by atoms with Gasteiger partial charge in [0.05, 0.1) is 0 Å². The molecule has 0 N–H and O–H groups in total. The first kappa shape index (κ1) is 11.8. The fraction of sp³-hybridized carbons (Fsp3) is 0.200. The van der Waals surface area contributed by atoms with Gasteiger partial charge in [0.2, 0.25) is 0 Å². The first-order valence-electron chi connectivity index (χ1n) is 5.68. The number of benzene rings is 1. The monoisotopic (exact) mass is 286 g/mol. The van der Waals surface area contributed by atoms with Gasteiger partial charge in [-0.25, -0.2) is 0 Å². The Morgan fingerprint density at radius 1 is 1.06 bits per heavy atom. The summed E-state index contributed by atoms with van der Waals surface area (Å²) in [5.74, 6) is 0. The zero-order valence-electron chi connectivity index (χ0n) is 9.61. The van der Waals surface area contributed by atoms with Crippen molar-refractivity contribution in [3.8, 4) is 0 Å². The quantitative estimate of drug-likeness (QED) is 0.725. The fourth-order valence-corrected chi connectivity index (χ4v) is 3.27. The van der Waals surface area contributed by atoms with E-state index in [4.69, 9.17) is 0 Å². The van der Waals surface area contributed by atoms with Crippen molar-refractivity contribution in [1.29, 1.82) is 0 Å². The van der Waals surface area contributed by atoms with E-state index in [0.717, 1.165) is 6.42 Å². The maximum absolute atomic E-state index is 2.36. The second-order valence-electron chi connectivity index (χ2n) is 3.88. The maximum atomic E-state index is 2.36. The average molecular weight is 288 g/mol. The first-order valence-corrected chi connectivity index (χ1v) is 9.37. The van der Waals surface area contributed by atoms with E-state index in [2.05, 4.69) is 59.3 Å². The van der Waals surface area contributed by atoms with Crippen molar-refractivity contribution in [3.63, 3.8) is 0 Å². The zero-order valence-corrected chi connectivity index (χ0v) is 12.1. The van der Waals surface area contributed by atoms with Crippen LogP contribution in [-0.4, -0.2) is 0 Å². The van der Waals surface area contributed by atoms with Gasteiger partial charge in [-0.2, -0.15) is 0 Å². The van der Waals surface area contributed by atoms with Gasteiger partial charge < -0.3 is 0 Å². The Morgan fingerprint density at radius 3 is 2.56 bits per heavy atom. The van der Waals surface area contributed by atoms with Crippen molar-refractivity contribution in [3.05, 3.63) is 63.0 Å². The molecule has 0 fully saturated rings. The molecule has 0 saturated heterocycles. The van der Waals surface area contributed by atoms with Crippen molar-refractivity contribution in [2.45, 2.75) is 17.5 Å². The number of hydrogen-bond donors (Lipinski definition) is 0. The van der Waals surface area contributed by atoms with E-state index in [9.17, 15) is 0 Å². The number of hydrogen-bond acceptors (Lipinski definition) is 0. The molecule has 1 heteroatoms. The molecule has 0 saturated carbocycles. The summed E-state index contributed by atoms with van der Waals surface area (Å²) in [7, 11) is 0. The molecule has 2 aliphatic rings. The molecule has 0 aromatic heterocycles. The molecule has 0 amide bonds. The van der Waals surface area contributed by atoms with Crippen LogP contribution in [0.2, 0.25) is 4.63 Å². The zero-order chi connectivity index (χ0) is 11.2. The first-order chi connectivity index (χ1) is 7.90. The van der Waals surface area contributed by atoms with Gasteiger partial charge in [0.1, 0.15) is 0 Å². The summed E-state index contributed by atoms with van der Waals surface area (Å²) in [5.41, 5.74) is 2.84. The normalized spacial score (nSPS) is 15.2. The van der Waals surface area contributed by atoms with Gasteiger partial charge in [-0.05, 0) is 17.5 Å². The molecule has 0 atom stereocenters. The molecule has 1 aromatic carbocycles. The number of fused-ring (bicyclic) bond motifs is 1. The minimum atomic E-state index is -0.0408. The molecular weight excluding hydrogens is 271 g/mol. The molecule has 0 aliphatic heterocycles. The minimum absolute atomic E-state index is 0.0408. The molecule has 0 nitrogen and oxygen atoms in total. The summed E-state index contributed by atoms with van der Waals surface area (Å²) in [5, 5.41) is 0. The van der Waals surface area contributed by atoms with Crippen LogP contribution in [0.15, 0.2) is 51.9 Å². The molecule has 2 aliphatic carbocycles. The summed E-state index contributed by atoms with van der Waals surface area (Å²) in [4.78, 5) is 0. The third-order valence-electron chi connectivity index (χ3n) is 2.78. The van der Waals surface area contributed by atoms with Crippen LogP contribution < -0.4 is 0 Å². The van der Waals surface area contributed by atoms with Gasteiger partial charge in [-0.1, -0.05) is 36.4 Å². The van der Waals surface area contributed by atoms with Gasteiger partial charge in [-0.3, -0.25) is 0 Å². The molecule has 0 heterocycles. The summed E-state index contributed by atoms with van der Waals surface area (Å²) < 4.78 is 4.09. The van der Waals surface area contributed by atoms with Gasteiger partial charge >= 0.3 is 55.8 Å². The van der Waals surface area contributed by atoms with Crippen molar-refractivity contribution in [1.82, 2.24) is 0 Å². The Morgan fingerprint density at radius 2 is 1.94 bits per heavy atom. The Balaban J connectivity index is 0.000000125. The van der Waals surface area contributed by atoms with E-state index >= 15 is 0 Å². The van der Waals surface area contributed by atoms with Crippen LogP contribution in [0.3, 0.4) is 0 Å². The van der Waals surface area contributed by atoms with Crippen LogP contribution in [-0.2, 0) is 29.7 Å². The second kappa shape index (κ2) is 6.16. The van der Waals surface area contributed by atoms with E-state index in [1.807, 2.05) is 0 Å². The molecule has 0 spiro atoms. The fourth-order valence-electron chi connectivity index (χ4n) is 1.83. The van der Waals surface area contributed by atoms with Gasteiger partial charge in [-0.15, -0.1) is 0 Å². The Kier molecular flexibility index (Phi) is 4.54. The third kappa shape index (κ3) is 3.16. The van der Waals surface area contributed by atoms with E-state index in [-0.39, 0.29) is 23.2 Å². The summed E-state index contributed by atoms with van der Waals surface area (Å²) in [6, 6.07) is 8.49. The van der Waals surface area contributed by atoms with Crippen LogP contribution >= 0.6 is 0 Å².